The van der Waals surface area contributed by atoms with Crippen molar-refractivity contribution in [1.82, 2.24) is 0 Å². The molecule has 3 N–H and O–H groups in total. The number of aryl methyl sites for hydroxylation is 1. The van der Waals surface area contributed by atoms with Crippen LogP contribution in [0, 0.1) is 6.92 Å². The van der Waals surface area contributed by atoms with E-state index in [0.717, 1.165) is 27.2 Å². The Bertz CT molecular complexity index is 1030. The predicted octanol–water partition coefficient (Wildman–Crippen LogP) is 5.07. The molecule has 0 bridgehead atoms. The second-order valence-electron chi connectivity index (χ2n) is 6.65. The minimum Gasteiger partial charge on any atom is -0.497 e. The molecule has 3 aromatic carbocycles. The molecule has 0 aliphatic carbocycles. The van der Waals surface area contributed by atoms with Crippen molar-refractivity contribution in [3.8, 4) is 5.75 Å². The van der Waals surface area contributed by atoms with Gasteiger partial charge in [0.25, 0.3) is 5.91 Å². The second-order valence-corrected chi connectivity index (χ2v) is 7.50. The molecular formula is C23H22BrN3O3. The SMILES string of the molecule is COc1ccc(NC(=O)c2ccc(NCC(=O)Nc3ccc(C)cc3Br)cc2)cc1. The predicted molar refractivity (Wildman–Crippen MR) is 123 cm³/mol. The van der Waals surface area contributed by atoms with Crippen molar-refractivity contribution in [2.75, 3.05) is 29.6 Å². The molecule has 0 atom stereocenters. The summed E-state index contributed by atoms with van der Waals surface area (Å²) in [5.74, 6) is 0.344. The third-order valence-corrected chi connectivity index (χ3v) is 5.00. The van der Waals surface area contributed by atoms with Gasteiger partial charge in [0.05, 0.1) is 19.3 Å². The van der Waals surface area contributed by atoms with Crippen molar-refractivity contribution in [1.29, 1.82) is 0 Å². The Morgan fingerprint density at radius 1 is 0.900 bits per heavy atom. The van der Waals surface area contributed by atoms with Crippen molar-refractivity contribution < 1.29 is 14.3 Å². The normalized spacial score (nSPS) is 10.2. The molecule has 0 saturated carbocycles. The van der Waals surface area contributed by atoms with Gasteiger partial charge in [0.1, 0.15) is 5.75 Å². The first kappa shape index (κ1) is 21.4. The number of rotatable bonds is 7. The molecule has 0 aromatic heterocycles. The van der Waals surface area contributed by atoms with Gasteiger partial charge < -0.3 is 20.7 Å². The van der Waals surface area contributed by atoms with Crippen molar-refractivity contribution in [2.24, 2.45) is 0 Å². The summed E-state index contributed by atoms with van der Waals surface area (Å²) in [5, 5.41) is 8.73. The number of methoxy groups -OCH3 is 1. The lowest BCUT2D eigenvalue weighted by Crippen LogP contribution is -2.22. The standard InChI is InChI=1S/C23H22BrN3O3/c1-15-3-12-21(20(24)13-15)27-22(28)14-25-17-6-4-16(5-7-17)23(29)26-18-8-10-19(30-2)11-9-18/h3-13,25H,14H2,1-2H3,(H,26,29)(H,27,28). The van der Waals surface area contributed by atoms with Crippen LogP contribution < -0.4 is 20.7 Å². The zero-order valence-electron chi connectivity index (χ0n) is 16.7. The second kappa shape index (κ2) is 9.93. The fraction of sp³-hybridized carbons (Fsp3) is 0.130. The van der Waals surface area contributed by atoms with Crippen LogP contribution in [0.2, 0.25) is 0 Å². The minimum absolute atomic E-state index is 0.109. The van der Waals surface area contributed by atoms with Crippen LogP contribution in [0.3, 0.4) is 0 Å². The van der Waals surface area contributed by atoms with Gasteiger partial charge in [-0.25, -0.2) is 0 Å². The number of hydrogen-bond donors (Lipinski definition) is 3. The molecule has 3 aromatic rings. The summed E-state index contributed by atoms with van der Waals surface area (Å²) in [4.78, 5) is 24.6. The molecule has 0 spiro atoms. The van der Waals surface area contributed by atoms with Gasteiger partial charge in [-0.2, -0.15) is 0 Å². The Labute approximate surface area is 183 Å². The van der Waals surface area contributed by atoms with E-state index in [1.807, 2.05) is 25.1 Å². The number of hydrogen-bond acceptors (Lipinski definition) is 4. The zero-order valence-corrected chi connectivity index (χ0v) is 18.2. The van der Waals surface area contributed by atoms with E-state index in [2.05, 4.69) is 31.9 Å². The summed E-state index contributed by atoms with van der Waals surface area (Å²) in [7, 11) is 1.59. The van der Waals surface area contributed by atoms with Crippen LogP contribution >= 0.6 is 15.9 Å². The highest BCUT2D eigenvalue weighted by Gasteiger charge is 2.08. The molecular weight excluding hydrogens is 446 g/mol. The molecule has 0 heterocycles. The Hall–Kier alpha value is -3.32. The van der Waals surface area contributed by atoms with E-state index in [-0.39, 0.29) is 18.4 Å². The zero-order chi connectivity index (χ0) is 21.5. The third-order valence-electron chi connectivity index (χ3n) is 4.35. The van der Waals surface area contributed by atoms with Gasteiger partial charge in [0, 0.05) is 21.4 Å². The first-order valence-corrected chi connectivity index (χ1v) is 10.1. The first-order chi connectivity index (χ1) is 14.4. The van der Waals surface area contributed by atoms with E-state index in [4.69, 9.17) is 4.74 Å². The number of anilines is 3. The molecule has 0 fully saturated rings. The summed E-state index contributed by atoms with van der Waals surface area (Å²) in [5.41, 5.74) is 3.77. The number of benzene rings is 3. The number of amides is 2. The number of carbonyl (C=O) groups excluding carboxylic acids is 2. The quantitative estimate of drug-likeness (QED) is 0.453. The van der Waals surface area contributed by atoms with Crippen molar-refractivity contribution >= 4 is 44.8 Å². The summed E-state index contributed by atoms with van der Waals surface area (Å²) >= 11 is 3.44. The van der Waals surface area contributed by atoms with Gasteiger partial charge in [-0.15, -0.1) is 0 Å². The summed E-state index contributed by atoms with van der Waals surface area (Å²) < 4.78 is 5.94. The smallest absolute Gasteiger partial charge is 0.255 e. The fourth-order valence-corrected chi connectivity index (χ4v) is 3.31. The maximum absolute atomic E-state index is 12.4. The summed E-state index contributed by atoms with van der Waals surface area (Å²) in [6, 6.07) is 19.8. The average molecular weight is 468 g/mol. The number of ether oxygens (including phenoxy) is 1. The molecule has 0 radical (unpaired) electrons. The number of nitrogens with one attached hydrogen (secondary N) is 3. The summed E-state index contributed by atoms with van der Waals surface area (Å²) in [6.45, 7) is 2.09. The van der Waals surface area contributed by atoms with Gasteiger partial charge in [0.15, 0.2) is 0 Å². The van der Waals surface area contributed by atoms with E-state index in [1.165, 1.54) is 0 Å². The molecule has 30 heavy (non-hydrogen) atoms. The topological polar surface area (TPSA) is 79.5 Å². The largest absolute Gasteiger partial charge is 0.497 e. The van der Waals surface area contributed by atoms with Gasteiger partial charge in [-0.3, -0.25) is 9.59 Å². The molecule has 7 heteroatoms. The monoisotopic (exact) mass is 467 g/mol. The van der Waals surface area contributed by atoms with E-state index in [0.29, 0.717) is 11.3 Å². The first-order valence-electron chi connectivity index (χ1n) is 9.30. The van der Waals surface area contributed by atoms with Gasteiger partial charge in [-0.05, 0) is 89.1 Å². The molecule has 0 saturated heterocycles. The van der Waals surface area contributed by atoms with E-state index >= 15 is 0 Å². The van der Waals surface area contributed by atoms with Gasteiger partial charge in [-0.1, -0.05) is 6.07 Å². The van der Waals surface area contributed by atoms with Gasteiger partial charge >= 0.3 is 0 Å². The van der Waals surface area contributed by atoms with Crippen LogP contribution in [-0.2, 0) is 4.79 Å². The van der Waals surface area contributed by atoms with Crippen LogP contribution in [-0.4, -0.2) is 25.5 Å². The molecule has 154 valence electrons. The third kappa shape index (κ3) is 5.84. The number of halogens is 1. The summed E-state index contributed by atoms with van der Waals surface area (Å²) in [6.07, 6.45) is 0. The Morgan fingerprint density at radius 2 is 1.57 bits per heavy atom. The van der Waals surface area contributed by atoms with E-state index in [1.54, 1.807) is 55.6 Å². The Kier molecular flexibility index (Phi) is 7.08. The lowest BCUT2D eigenvalue weighted by Gasteiger charge is -2.10. The number of carbonyl (C=O) groups is 2. The van der Waals surface area contributed by atoms with Crippen molar-refractivity contribution in [3.05, 3.63) is 82.3 Å². The lowest BCUT2D eigenvalue weighted by molar-refractivity contribution is -0.114. The van der Waals surface area contributed by atoms with Crippen molar-refractivity contribution in [2.45, 2.75) is 6.92 Å². The van der Waals surface area contributed by atoms with Crippen molar-refractivity contribution in [3.63, 3.8) is 0 Å². The molecule has 2 amide bonds. The molecule has 0 aliphatic heterocycles. The van der Waals surface area contributed by atoms with Crippen LogP contribution in [0.25, 0.3) is 0 Å². The van der Waals surface area contributed by atoms with Crippen LogP contribution in [0.5, 0.6) is 5.75 Å². The van der Waals surface area contributed by atoms with Crippen LogP contribution in [0.4, 0.5) is 17.1 Å². The highest BCUT2D eigenvalue weighted by Crippen LogP contribution is 2.23. The lowest BCUT2D eigenvalue weighted by atomic mass is 10.2. The van der Waals surface area contributed by atoms with E-state index < -0.39 is 0 Å². The minimum atomic E-state index is -0.214. The Balaban J connectivity index is 1.52. The highest BCUT2D eigenvalue weighted by molar-refractivity contribution is 9.10. The van der Waals surface area contributed by atoms with Gasteiger partial charge in [0.2, 0.25) is 5.91 Å². The van der Waals surface area contributed by atoms with Crippen LogP contribution in [0.15, 0.2) is 71.2 Å². The molecule has 0 aliphatic rings. The maximum Gasteiger partial charge on any atom is 0.255 e. The molecule has 6 nitrogen and oxygen atoms in total. The molecule has 0 unspecified atom stereocenters. The Morgan fingerprint density at radius 3 is 2.20 bits per heavy atom. The average Bonchev–Trinajstić information content (AvgIpc) is 2.75. The maximum atomic E-state index is 12.4. The van der Waals surface area contributed by atoms with E-state index in [9.17, 15) is 9.59 Å². The molecule has 3 rings (SSSR count). The fourth-order valence-electron chi connectivity index (χ4n) is 2.72. The van der Waals surface area contributed by atoms with Crippen LogP contribution in [0.1, 0.15) is 15.9 Å². The highest BCUT2D eigenvalue weighted by atomic mass is 79.9.